The molecule has 4 rings (SSSR count). The molecule has 7 nitrogen and oxygen atoms in total. The molecule has 0 fully saturated rings. The van der Waals surface area contributed by atoms with Crippen molar-refractivity contribution >= 4 is 34.3 Å². The number of nitrogens with zero attached hydrogens (tertiary/aromatic N) is 4. The van der Waals surface area contributed by atoms with E-state index in [1.165, 1.54) is 28.5 Å². The Balaban J connectivity index is 1.58. The SMILES string of the molecule is CC(Sc1nnc2n(C)c(=O)c3ccccc3n12)C(=O)NCc1ccc(F)cc1. The smallest absolute Gasteiger partial charge is 0.262 e. The van der Waals surface area contributed by atoms with E-state index in [1.807, 2.05) is 12.1 Å². The van der Waals surface area contributed by atoms with Crippen LogP contribution in [0.2, 0.25) is 0 Å². The first kappa shape index (κ1) is 19.1. The molecule has 0 aliphatic rings. The van der Waals surface area contributed by atoms with Crippen molar-refractivity contribution in [2.45, 2.75) is 23.9 Å². The Hall–Kier alpha value is -3.20. The fraction of sp³-hybridized carbons (Fsp3) is 0.200. The molecule has 2 aromatic heterocycles. The second-order valence-electron chi connectivity index (χ2n) is 6.60. The molecular formula is C20H18FN5O2S. The predicted molar refractivity (Wildman–Crippen MR) is 109 cm³/mol. The van der Waals surface area contributed by atoms with Gasteiger partial charge in [0.05, 0.1) is 16.2 Å². The van der Waals surface area contributed by atoms with Gasteiger partial charge in [-0.3, -0.25) is 18.6 Å². The number of carbonyl (C=O) groups is 1. The van der Waals surface area contributed by atoms with Crippen molar-refractivity contribution in [1.29, 1.82) is 0 Å². The van der Waals surface area contributed by atoms with Crippen LogP contribution in [0, 0.1) is 5.82 Å². The third-order valence-electron chi connectivity index (χ3n) is 4.63. The number of para-hydroxylation sites is 1. The molecule has 2 aromatic carbocycles. The molecule has 1 unspecified atom stereocenters. The molecule has 0 spiro atoms. The van der Waals surface area contributed by atoms with E-state index < -0.39 is 5.25 Å². The second kappa shape index (κ2) is 7.67. The highest BCUT2D eigenvalue weighted by Gasteiger charge is 2.20. The van der Waals surface area contributed by atoms with E-state index in [2.05, 4.69) is 15.5 Å². The maximum atomic E-state index is 13.0. The van der Waals surface area contributed by atoms with E-state index in [4.69, 9.17) is 0 Å². The predicted octanol–water partition coefficient (Wildman–Crippen LogP) is 2.52. The molecule has 148 valence electrons. The summed E-state index contributed by atoms with van der Waals surface area (Å²) < 4.78 is 16.2. The Morgan fingerprint density at radius 2 is 1.90 bits per heavy atom. The molecular weight excluding hydrogens is 393 g/mol. The highest BCUT2D eigenvalue weighted by molar-refractivity contribution is 8.00. The lowest BCUT2D eigenvalue weighted by molar-refractivity contribution is -0.120. The van der Waals surface area contributed by atoms with Crippen LogP contribution in [-0.2, 0) is 18.4 Å². The highest BCUT2D eigenvalue weighted by Crippen LogP contribution is 2.25. The monoisotopic (exact) mass is 411 g/mol. The molecule has 9 heteroatoms. The summed E-state index contributed by atoms with van der Waals surface area (Å²) in [7, 11) is 1.64. The van der Waals surface area contributed by atoms with Crippen molar-refractivity contribution in [3.05, 3.63) is 70.3 Å². The Bertz CT molecular complexity index is 1270. The van der Waals surface area contributed by atoms with Gasteiger partial charge in [-0.25, -0.2) is 4.39 Å². The van der Waals surface area contributed by atoms with Gasteiger partial charge in [0, 0.05) is 13.6 Å². The van der Waals surface area contributed by atoms with Crippen LogP contribution < -0.4 is 10.9 Å². The van der Waals surface area contributed by atoms with Crippen molar-refractivity contribution in [2.75, 3.05) is 0 Å². The Morgan fingerprint density at radius 3 is 2.66 bits per heavy atom. The van der Waals surface area contributed by atoms with Gasteiger partial charge in [0.25, 0.3) is 5.56 Å². The van der Waals surface area contributed by atoms with Crippen LogP contribution in [0.5, 0.6) is 0 Å². The average Bonchev–Trinajstić information content (AvgIpc) is 3.15. The molecule has 4 aromatic rings. The zero-order valence-electron chi connectivity index (χ0n) is 15.8. The summed E-state index contributed by atoms with van der Waals surface area (Å²) in [6.07, 6.45) is 0. The summed E-state index contributed by atoms with van der Waals surface area (Å²) in [5, 5.41) is 11.8. The normalized spacial score (nSPS) is 12.4. The third kappa shape index (κ3) is 3.61. The van der Waals surface area contributed by atoms with E-state index in [0.29, 0.717) is 28.4 Å². The van der Waals surface area contributed by atoms with Crippen molar-refractivity contribution in [3.8, 4) is 0 Å². The minimum atomic E-state index is -0.446. The lowest BCUT2D eigenvalue weighted by atomic mass is 10.2. The summed E-state index contributed by atoms with van der Waals surface area (Å²) >= 11 is 1.26. The van der Waals surface area contributed by atoms with Gasteiger partial charge in [-0.2, -0.15) is 0 Å². The van der Waals surface area contributed by atoms with Gasteiger partial charge in [-0.05, 0) is 36.8 Å². The number of thioether (sulfide) groups is 1. The van der Waals surface area contributed by atoms with E-state index >= 15 is 0 Å². The van der Waals surface area contributed by atoms with Crippen molar-refractivity contribution in [2.24, 2.45) is 7.05 Å². The topological polar surface area (TPSA) is 81.3 Å². The van der Waals surface area contributed by atoms with Gasteiger partial charge in [-0.1, -0.05) is 36.0 Å². The number of benzene rings is 2. The van der Waals surface area contributed by atoms with Crippen molar-refractivity contribution in [3.63, 3.8) is 0 Å². The third-order valence-corrected chi connectivity index (χ3v) is 5.67. The lowest BCUT2D eigenvalue weighted by Gasteiger charge is -2.12. The summed E-state index contributed by atoms with van der Waals surface area (Å²) in [5.74, 6) is -0.0790. The number of hydrogen-bond acceptors (Lipinski definition) is 5. The molecule has 1 N–H and O–H groups in total. The fourth-order valence-electron chi connectivity index (χ4n) is 3.03. The molecule has 1 amide bonds. The number of aromatic nitrogens is 4. The number of fused-ring (bicyclic) bond motifs is 3. The minimum absolute atomic E-state index is 0.151. The molecule has 2 heterocycles. The molecule has 0 aliphatic carbocycles. The highest BCUT2D eigenvalue weighted by atomic mass is 32.2. The van der Waals surface area contributed by atoms with Gasteiger partial charge in [0.15, 0.2) is 5.16 Å². The molecule has 0 bridgehead atoms. The zero-order valence-corrected chi connectivity index (χ0v) is 16.6. The minimum Gasteiger partial charge on any atom is -0.351 e. The zero-order chi connectivity index (χ0) is 20.5. The van der Waals surface area contributed by atoms with Gasteiger partial charge < -0.3 is 5.32 Å². The lowest BCUT2D eigenvalue weighted by Crippen LogP contribution is -2.30. The van der Waals surface area contributed by atoms with Crippen molar-refractivity contribution < 1.29 is 9.18 Å². The maximum Gasteiger partial charge on any atom is 0.262 e. The number of hydrogen-bond donors (Lipinski definition) is 1. The Kier molecular flexibility index (Phi) is 5.06. The Labute approximate surface area is 169 Å². The first-order valence-electron chi connectivity index (χ1n) is 8.97. The first-order valence-corrected chi connectivity index (χ1v) is 9.85. The van der Waals surface area contributed by atoms with Gasteiger partial charge in [0.2, 0.25) is 11.7 Å². The average molecular weight is 411 g/mol. The molecule has 0 radical (unpaired) electrons. The number of aryl methyl sites for hydroxylation is 1. The van der Waals surface area contributed by atoms with E-state index in [1.54, 1.807) is 42.6 Å². The molecule has 0 saturated carbocycles. The number of nitrogens with one attached hydrogen (secondary N) is 1. The van der Waals surface area contributed by atoms with E-state index in [0.717, 1.165) is 5.56 Å². The molecule has 0 aliphatic heterocycles. The maximum absolute atomic E-state index is 13.0. The van der Waals surface area contributed by atoms with Crippen LogP contribution >= 0.6 is 11.8 Å². The summed E-state index contributed by atoms with van der Waals surface area (Å²) in [6.45, 7) is 2.08. The number of halogens is 1. The number of rotatable bonds is 5. The largest absolute Gasteiger partial charge is 0.351 e. The van der Waals surface area contributed by atoms with Crippen LogP contribution in [-0.4, -0.2) is 30.3 Å². The molecule has 0 saturated heterocycles. The second-order valence-corrected chi connectivity index (χ2v) is 7.91. The van der Waals surface area contributed by atoms with Crippen molar-refractivity contribution in [1.82, 2.24) is 24.5 Å². The summed E-state index contributed by atoms with van der Waals surface area (Å²) in [6, 6.07) is 13.2. The van der Waals surface area contributed by atoms with Crippen LogP contribution in [0.15, 0.2) is 58.5 Å². The van der Waals surface area contributed by atoms with Crippen LogP contribution in [0.1, 0.15) is 12.5 Å². The quantitative estimate of drug-likeness (QED) is 0.511. The number of carbonyl (C=O) groups excluding carboxylic acids is 1. The van der Waals surface area contributed by atoms with Crippen LogP contribution in [0.25, 0.3) is 16.7 Å². The Morgan fingerprint density at radius 1 is 1.17 bits per heavy atom. The van der Waals surface area contributed by atoms with E-state index in [-0.39, 0.29) is 17.3 Å². The van der Waals surface area contributed by atoms with Crippen LogP contribution in [0.3, 0.4) is 0 Å². The molecule has 1 atom stereocenters. The fourth-order valence-corrected chi connectivity index (χ4v) is 3.91. The molecule has 29 heavy (non-hydrogen) atoms. The van der Waals surface area contributed by atoms with Crippen LogP contribution in [0.4, 0.5) is 4.39 Å². The summed E-state index contributed by atoms with van der Waals surface area (Å²) in [5.41, 5.74) is 1.35. The first-order chi connectivity index (χ1) is 14.0. The number of amides is 1. The van der Waals surface area contributed by atoms with Gasteiger partial charge >= 0.3 is 0 Å². The van der Waals surface area contributed by atoms with E-state index in [9.17, 15) is 14.0 Å². The summed E-state index contributed by atoms with van der Waals surface area (Å²) in [4.78, 5) is 25.0. The van der Waals surface area contributed by atoms with Gasteiger partial charge in [-0.15, -0.1) is 10.2 Å². The van der Waals surface area contributed by atoms with Gasteiger partial charge in [0.1, 0.15) is 5.82 Å². The standard InChI is InChI=1S/C20H18FN5O2S/c1-12(17(27)22-11-13-7-9-14(21)10-8-13)29-20-24-23-19-25(2)18(28)15-5-3-4-6-16(15)26(19)20/h3-10,12H,11H2,1-2H3,(H,22,27).